The van der Waals surface area contributed by atoms with E-state index in [9.17, 15) is 18.6 Å². The molecule has 1 saturated heterocycles. The third-order valence-electron chi connectivity index (χ3n) is 3.90. The summed E-state index contributed by atoms with van der Waals surface area (Å²) >= 11 is 0. The Kier molecular flexibility index (Phi) is 4.49. The molecule has 1 aromatic rings. The van der Waals surface area contributed by atoms with Crippen LogP contribution in [0, 0.1) is 0 Å². The molecule has 2 heterocycles. The zero-order valence-electron chi connectivity index (χ0n) is 12.8. The molecule has 2 aliphatic rings. The fourth-order valence-electron chi connectivity index (χ4n) is 2.75. The molecule has 132 valence electrons. The Hall–Kier alpha value is -1.72. The molecule has 24 heavy (non-hydrogen) atoms. The number of hydrogen-bond donors (Lipinski definition) is 3. The van der Waals surface area contributed by atoms with Gasteiger partial charge in [-0.1, -0.05) is 12.1 Å². The minimum atomic E-state index is -3.63. The highest BCUT2D eigenvalue weighted by Gasteiger charge is 2.43. The van der Waals surface area contributed by atoms with Crippen LogP contribution < -0.4 is 10.5 Å². The Bertz CT molecular complexity index is 764. The summed E-state index contributed by atoms with van der Waals surface area (Å²) in [7, 11) is -2.27. The predicted molar refractivity (Wildman–Crippen MR) is 83.0 cm³/mol. The Balaban J connectivity index is 1.79. The van der Waals surface area contributed by atoms with Gasteiger partial charge in [0.1, 0.15) is 36.5 Å². The number of nitrogens with two attached hydrogens (primary N) is 1. The SMILES string of the molecule is COC1O[C@H](COc2cccc3c2C(N)=NS(=O)(=O)C3)[C@@H](O)[C@H]1O. The van der Waals surface area contributed by atoms with Crippen LogP contribution in [0.1, 0.15) is 11.1 Å². The number of aliphatic hydroxyl groups excluding tert-OH is 2. The number of hydrogen-bond acceptors (Lipinski definition) is 8. The normalized spacial score (nSPS) is 31.4. The molecule has 10 heteroatoms. The smallest absolute Gasteiger partial charge is 0.259 e. The van der Waals surface area contributed by atoms with Crippen LogP contribution >= 0.6 is 0 Å². The molecule has 0 radical (unpaired) electrons. The molecule has 1 aromatic carbocycles. The lowest BCUT2D eigenvalue weighted by Crippen LogP contribution is -2.35. The maximum atomic E-state index is 11.6. The van der Waals surface area contributed by atoms with Gasteiger partial charge in [0.15, 0.2) is 6.29 Å². The molecule has 0 amide bonds. The molecule has 0 bridgehead atoms. The molecule has 4 atom stereocenters. The van der Waals surface area contributed by atoms with E-state index in [0.717, 1.165) is 0 Å². The van der Waals surface area contributed by atoms with E-state index in [-0.39, 0.29) is 18.2 Å². The Morgan fingerprint density at radius 2 is 2.12 bits per heavy atom. The molecular weight excluding hydrogens is 340 g/mol. The second-order valence-corrected chi connectivity index (χ2v) is 7.20. The Morgan fingerprint density at radius 1 is 1.38 bits per heavy atom. The van der Waals surface area contributed by atoms with Gasteiger partial charge in [0, 0.05) is 7.11 Å². The maximum Gasteiger partial charge on any atom is 0.259 e. The fraction of sp³-hybridized carbons (Fsp3) is 0.500. The van der Waals surface area contributed by atoms with Gasteiger partial charge in [-0.25, -0.2) is 8.42 Å². The number of methoxy groups -OCH3 is 1. The van der Waals surface area contributed by atoms with E-state index in [0.29, 0.717) is 16.9 Å². The summed E-state index contributed by atoms with van der Waals surface area (Å²) in [6.07, 6.45) is -4.08. The number of nitrogens with zero attached hydrogens (tertiary/aromatic N) is 1. The number of amidine groups is 1. The van der Waals surface area contributed by atoms with Crippen LogP contribution in [-0.2, 0) is 25.2 Å². The van der Waals surface area contributed by atoms with Crippen molar-refractivity contribution in [2.45, 2.75) is 30.4 Å². The van der Waals surface area contributed by atoms with Gasteiger partial charge in [-0.2, -0.15) is 0 Å². The first-order valence-corrected chi connectivity index (χ1v) is 8.81. The largest absolute Gasteiger partial charge is 0.490 e. The first-order chi connectivity index (χ1) is 11.3. The third-order valence-corrected chi connectivity index (χ3v) is 5.05. The van der Waals surface area contributed by atoms with Gasteiger partial charge in [0.05, 0.1) is 11.3 Å². The second-order valence-electron chi connectivity index (χ2n) is 5.56. The van der Waals surface area contributed by atoms with E-state index in [1.54, 1.807) is 18.2 Å². The number of fused-ring (bicyclic) bond motifs is 1. The van der Waals surface area contributed by atoms with Crippen molar-refractivity contribution in [2.75, 3.05) is 13.7 Å². The molecule has 0 aliphatic carbocycles. The van der Waals surface area contributed by atoms with Gasteiger partial charge in [0.2, 0.25) is 0 Å². The van der Waals surface area contributed by atoms with Crippen molar-refractivity contribution in [1.29, 1.82) is 0 Å². The van der Waals surface area contributed by atoms with Crippen molar-refractivity contribution < 1.29 is 32.8 Å². The molecule has 1 unspecified atom stereocenters. The third kappa shape index (κ3) is 3.10. The van der Waals surface area contributed by atoms with E-state index in [2.05, 4.69) is 4.40 Å². The topological polar surface area (TPSA) is 141 Å². The monoisotopic (exact) mass is 358 g/mol. The lowest BCUT2D eigenvalue weighted by atomic mass is 10.1. The number of sulfonamides is 1. The summed E-state index contributed by atoms with van der Waals surface area (Å²) in [5.41, 5.74) is 6.64. The average molecular weight is 358 g/mol. The van der Waals surface area contributed by atoms with Crippen molar-refractivity contribution in [3.05, 3.63) is 29.3 Å². The molecule has 9 nitrogen and oxygen atoms in total. The van der Waals surface area contributed by atoms with Gasteiger partial charge in [-0.3, -0.25) is 0 Å². The lowest BCUT2D eigenvalue weighted by molar-refractivity contribution is -0.152. The highest BCUT2D eigenvalue weighted by atomic mass is 32.2. The van der Waals surface area contributed by atoms with Crippen LogP contribution in [0.25, 0.3) is 0 Å². The summed E-state index contributed by atoms with van der Waals surface area (Å²) in [5, 5.41) is 19.7. The molecule has 4 N–H and O–H groups in total. The first-order valence-electron chi connectivity index (χ1n) is 7.20. The van der Waals surface area contributed by atoms with Crippen molar-refractivity contribution >= 4 is 15.9 Å². The number of ether oxygens (including phenoxy) is 3. The molecule has 1 fully saturated rings. The van der Waals surface area contributed by atoms with Crippen molar-refractivity contribution in [1.82, 2.24) is 0 Å². The van der Waals surface area contributed by atoms with E-state index in [1.165, 1.54) is 7.11 Å². The fourth-order valence-corrected chi connectivity index (χ4v) is 3.84. The predicted octanol–water partition coefficient (Wildman–Crippen LogP) is -1.29. The van der Waals surface area contributed by atoms with Crippen LogP contribution in [0.15, 0.2) is 22.6 Å². The van der Waals surface area contributed by atoms with Crippen molar-refractivity contribution in [2.24, 2.45) is 10.1 Å². The van der Waals surface area contributed by atoms with E-state index in [1.807, 2.05) is 0 Å². The Morgan fingerprint density at radius 3 is 2.79 bits per heavy atom. The molecule has 2 aliphatic heterocycles. The first kappa shape index (κ1) is 17.1. The molecule has 0 aromatic heterocycles. The average Bonchev–Trinajstić information content (AvgIpc) is 2.78. The molecule has 0 saturated carbocycles. The van der Waals surface area contributed by atoms with Crippen LogP contribution in [-0.4, -0.2) is 62.8 Å². The standard InChI is InChI=1S/C14H18N2O7S/c1-21-14-12(18)11(17)9(23-14)5-22-8-4-2-3-7-6-24(19,20)16-13(15)10(7)8/h2-4,9,11-12,14,17-18H,5-6H2,1H3,(H2,15,16)/t9-,11-,12-,14?/m1/s1. The highest BCUT2D eigenvalue weighted by molar-refractivity contribution is 7.89. The lowest BCUT2D eigenvalue weighted by Gasteiger charge is -2.20. The summed E-state index contributed by atoms with van der Waals surface area (Å²) in [4.78, 5) is 0. The number of aliphatic hydroxyl groups is 2. The van der Waals surface area contributed by atoms with Crippen molar-refractivity contribution in [3.63, 3.8) is 0 Å². The summed E-state index contributed by atoms with van der Waals surface area (Å²) in [6.45, 7) is -0.0748. The van der Waals surface area contributed by atoms with Crippen LogP contribution in [0.2, 0.25) is 0 Å². The molecule has 0 spiro atoms. The summed E-state index contributed by atoms with van der Waals surface area (Å²) in [6, 6.07) is 4.89. The quantitative estimate of drug-likeness (QED) is 0.604. The van der Waals surface area contributed by atoms with Gasteiger partial charge in [0.25, 0.3) is 10.0 Å². The van der Waals surface area contributed by atoms with Gasteiger partial charge < -0.3 is 30.2 Å². The van der Waals surface area contributed by atoms with E-state index >= 15 is 0 Å². The summed E-state index contributed by atoms with van der Waals surface area (Å²) < 4.78 is 42.7. The zero-order valence-corrected chi connectivity index (χ0v) is 13.6. The zero-order chi connectivity index (χ0) is 17.5. The molecule has 3 rings (SSSR count). The van der Waals surface area contributed by atoms with Gasteiger partial charge in [-0.15, -0.1) is 4.40 Å². The van der Waals surface area contributed by atoms with Gasteiger partial charge in [-0.05, 0) is 11.6 Å². The summed E-state index contributed by atoms with van der Waals surface area (Å²) in [5.74, 6) is -0.0721. The van der Waals surface area contributed by atoms with E-state index in [4.69, 9.17) is 19.9 Å². The number of benzene rings is 1. The maximum absolute atomic E-state index is 11.6. The second kappa shape index (κ2) is 6.30. The minimum absolute atomic E-state index is 0.0748. The minimum Gasteiger partial charge on any atom is -0.490 e. The van der Waals surface area contributed by atoms with Gasteiger partial charge >= 0.3 is 0 Å². The van der Waals surface area contributed by atoms with Crippen molar-refractivity contribution in [3.8, 4) is 5.75 Å². The Labute approximate surface area is 138 Å². The number of rotatable bonds is 4. The van der Waals surface area contributed by atoms with E-state index < -0.39 is 34.6 Å². The highest BCUT2D eigenvalue weighted by Crippen LogP contribution is 2.29. The van der Waals surface area contributed by atoms with Crippen LogP contribution in [0.3, 0.4) is 0 Å². The van der Waals surface area contributed by atoms with Crippen LogP contribution in [0.5, 0.6) is 5.75 Å². The molecular formula is C14H18N2O7S. The van der Waals surface area contributed by atoms with Crippen LogP contribution in [0.4, 0.5) is 0 Å².